The molecule has 0 saturated carbocycles. The maximum absolute atomic E-state index is 11.2. The molecule has 4 rings (SSSR count). The van der Waals surface area contributed by atoms with Crippen LogP contribution in [0.2, 0.25) is 0 Å². The minimum absolute atomic E-state index is 0.131. The number of benzene rings is 3. The third kappa shape index (κ3) is 5.60. The number of ether oxygens (including phenoxy) is 3. The van der Waals surface area contributed by atoms with Crippen LogP contribution in [0.4, 0.5) is 5.69 Å². The lowest BCUT2D eigenvalue weighted by atomic mass is 9.97. The molecule has 3 aromatic rings. The molecule has 1 aliphatic carbocycles. The average Bonchev–Trinajstić information content (AvgIpc) is 3.29. The zero-order valence-electron chi connectivity index (χ0n) is 20.8. The Balaban J connectivity index is 1.62. The normalized spacial score (nSPS) is 13.8. The van der Waals surface area contributed by atoms with E-state index in [1.54, 1.807) is 21.1 Å². The molecular formula is C29H33NO5. The van der Waals surface area contributed by atoms with Crippen molar-refractivity contribution in [1.29, 1.82) is 0 Å². The summed E-state index contributed by atoms with van der Waals surface area (Å²) < 4.78 is 17.6. The highest BCUT2D eigenvalue weighted by Crippen LogP contribution is 2.37. The molecule has 0 amide bonds. The molecule has 6 nitrogen and oxygen atoms in total. The Morgan fingerprint density at radius 3 is 2.23 bits per heavy atom. The van der Waals surface area contributed by atoms with E-state index in [1.807, 2.05) is 37.3 Å². The fourth-order valence-electron chi connectivity index (χ4n) is 4.55. The maximum Gasteiger partial charge on any atom is 0.308 e. The summed E-state index contributed by atoms with van der Waals surface area (Å²) in [6.07, 6.45) is 1.95. The van der Waals surface area contributed by atoms with Gasteiger partial charge in [0.25, 0.3) is 0 Å². The molecule has 2 N–H and O–H groups in total. The molecule has 184 valence electrons. The Morgan fingerprint density at radius 1 is 1.03 bits per heavy atom. The number of hydrogen-bond donors (Lipinski definition) is 2. The summed E-state index contributed by atoms with van der Waals surface area (Å²) in [6.45, 7) is 4.45. The molecule has 1 atom stereocenters. The maximum atomic E-state index is 11.2. The van der Waals surface area contributed by atoms with E-state index in [-0.39, 0.29) is 6.10 Å². The largest absolute Gasteiger partial charge is 0.496 e. The van der Waals surface area contributed by atoms with E-state index in [2.05, 4.69) is 29.6 Å². The molecule has 0 aromatic heterocycles. The summed E-state index contributed by atoms with van der Waals surface area (Å²) in [5.74, 6) is 0.208. The zero-order chi connectivity index (χ0) is 24.9. The van der Waals surface area contributed by atoms with E-state index >= 15 is 0 Å². The molecule has 35 heavy (non-hydrogen) atoms. The zero-order valence-corrected chi connectivity index (χ0v) is 20.8. The molecule has 0 unspecified atom stereocenters. The van der Waals surface area contributed by atoms with E-state index in [0.29, 0.717) is 13.2 Å². The lowest BCUT2D eigenvalue weighted by Gasteiger charge is -2.19. The van der Waals surface area contributed by atoms with Gasteiger partial charge in [-0.1, -0.05) is 37.3 Å². The lowest BCUT2D eigenvalue weighted by Crippen LogP contribution is -2.19. The van der Waals surface area contributed by atoms with Crippen molar-refractivity contribution in [3.63, 3.8) is 0 Å². The van der Waals surface area contributed by atoms with Crippen LogP contribution in [0, 0.1) is 12.8 Å². The van der Waals surface area contributed by atoms with Crippen LogP contribution in [0.1, 0.15) is 29.2 Å². The van der Waals surface area contributed by atoms with E-state index in [1.165, 1.54) is 11.1 Å². The number of carboxylic acids is 1. The second-order valence-electron chi connectivity index (χ2n) is 9.11. The van der Waals surface area contributed by atoms with E-state index in [0.717, 1.165) is 52.3 Å². The summed E-state index contributed by atoms with van der Waals surface area (Å²) in [5, 5.41) is 12.5. The topological polar surface area (TPSA) is 77.0 Å². The van der Waals surface area contributed by atoms with Gasteiger partial charge < -0.3 is 24.6 Å². The van der Waals surface area contributed by atoms with E-state index < -0.39 is 11.9 Å². The van der Waals surface area contributed by atoms with Gasteiger partial charge in [0, 0.05) is 17.8 Å². The van der Waals surface area contributed by atoms with Crippen LogP contribution in [-0.2, 0) is 29.0 Å². The molecule has 0 fully saturated rings. The number of hydrogen-bond acceptors (Lipinski definition) is 5. The van der Waals surface area contributed by atoms with Crippen molar-refractivity contribution in [2.24, 2.45) is 5.92 Å². The quantitative estimate of drug-likeness (QED) is 0.403. The molecule has 0 aliphatic heterocycles. The first-order valence-electron chi connectivity index (χ1n) is 11.9. The number of carbonyl (C=O) groups is 1. The molecule has 0 spiro atoms. The van der Waals surface area contributed by atoms with E-state index in [9.17, 15) is 9.90 Å². The fraction of sp³-hybridized carbons (Fsp3) is 0.345. The second kappa shape index (κ2) is 10.8. The van der Waals surface area contributed by atoms with Gasteiger partial charge in [-0.05, 0) is 71.8 Å². The first kappa shape index (κ1) is 24.6. The van der Waals surface area contributed by atoms with Crippen molar-refractivity contribution < 1.29 is 24.1 Å². The number of carboxylic acid groups (broad SMARTS) is 1. The van der Waals surface area contributed by atoms with Crippen LogP contribution in [0.5, 0.6) is 11.5 Å². The highest BCUT2D eigenvalue weighted by Gasteiger charge is 2.22. The van der Waals surface area contributed by atoms with Gasteiger partial charge in [-0.15, -0.1) is 0 Å². The summed E-state index contributed by atoms with van der Waals surface area (Å²) in [5.41, 5.74) is 7.52. The Morgan fingerprint density at radius 2 is 1.66 bits per heavy atom. The second-order valence-corrected chi connectivity index (χ2v) is 9.11. The Hall–Kier alpha value is -3.51. The predicted octanol–water partition coefficient (Wildman–Crippen LogP) is 5.50. The third-order valence-electron chi connectivity index (χ3n) is 6.69. The van der Waals surface area contributed by atoms with Crippen molar-refractivity contribution in [3.05, 3.63) is 76.9 Å². The predicted molar refractivity (Wildman–Crippen MR) is 137 cm³/mol. The molecule has 0 radical (unpaired) electrons. The molecule has 0 heterocycles. The minimum atomic E-state index is -0.822. The third-order valence-corrected chi connectivity index (χ3v) is 6.69. The number of aliphatic carboxylic acids is 1. The van der Waals surface area contributed by atoms with Crippen molar-refractivity contribution >= 4 is 11.7 Å². The molecule has 1 aliphatic rings. The smallest absolute Gasteiger partial charge is 0.308 e. The van der Waals surface area contributed by atoms with Gasteiger partial charge in [0.2, 0.25) is 0 Å². The minimum Gasteiger partial charge on any atom is -0.496 e. The summed E-state index contributed by atoms with van der Waals surface area (Å²) in [7, 11) is 3.31. The number of rotatable bonds is 10. The van der Waals surface area contributed by atoms with Crippen molar-refractivity contribution in [1.82, 2.24) is 0 Å². The van der Waals surface area contributed by atoms with Crippen molar-refractivity contribution in [2.45, 2.75) is 39.4 Å². The molecule has 0 bridgehead atoms. The number of methoxy groups -OCH3 is 2. The van der Waals surface area contributed by atoms with Crippen LogP contribution in [-0.4, -0.2) is 37.9 Å². The van der Waals surface area contributed by atoms with Crippen molar-refractivity contribution in [3.8, 4) is 22.6 Å². The highest BCUT2D eigenvalue weighted by molar-refractivity contribution is 5.74. The molecule has 6 heteroatoms. The highest BCUT2D eigenvalue weighted by atomic mass is 16.5. The van der Waals surface area contributed by atoms with Gasteiger partial charge in [0.15, 0.2) is 0 Å². The SMILES string of the molecule is COc1cc(-c2ccc(NC[C@@H](C)C(=O)O)cc2COC2Cc3ccccc3C2)cc(OC)c1C. The Labute approximate surface area is 206 Å². The van der Waals surface area contributed by atoms with Crippen LogP contribution in [0.15, 0.2) is 54.6 Å². The van der Waals surface area contributed by atoms with Crippen molar-refractivity contribution in [2.75, 3.05) is 26.1 Å². The van der Waals surface area contributed by atoms with Gasteiger partial charge in [-0.25, -0.2) is 0 Å². The van der Waals surface area contributed by atoms with Crippen LogP contribution < -0.4 is 14.8 Å². The first-order valence-corrected chi connectivity index (χ1v) is 11.9. The number of nitrogens with one attached hydrogen (secondary N) is 1. The van der Waals surface area contributed by atoms with Gasteiger partial charge in [-0.3, -0.25) is 4.79 Å². The first-order chi connectivity index (χ1) is 16.9. The molecular weight excluding hydrogens is 442 g/mol. The lowest BCUT2D eigenvalue weighted by molar-refractivity contribution is -0.140. The molecule has 0 saturated heterocycles. The number of anilines is 1. The van der Waals surface area contributed by atoms with Gasteiger partial charge >= 0.3 is 5.97 Å². The number of fused-ring (bicyclic) bond motifs is 1. The molecule has 3 aromatic carbocycles. The standard InChI is InChI=1S/C29H33NO5/c1-18(29(31)32)16-30-24-9-10-26(22-14-27(33-3)19(2)28(15-22)34-4)23(11-24)17-35-25-12-20-7-5-6-8-21(20)13-25/h5-11,14-15,18,25,30H,12-13,16-17H2,1-4H3,(H,31,32)/t18-/m1/s1. The van der Waals surface area contributed by atoms with Gasteiger partial charge in [-0.2, -0.15) is 0 Å². The van der Waals surface area contributed by atoms with Crippen LogP contribution in [0.25, 0.3) is 11.1 Å². The Bertz CT molecular complexity index is 1160. The average molecular weight is 476 g/mol. The van der Waals surface area contributed by atoms with Gasteiger partial charge in [0.1, 0.15) is 11.5 Å². The van der Waals surface area contributed by atoms with Gasteiger partial charge in [0.05, 0.1) is 32.8 Å². The van der Waals surface area contributed by atoms with Crippen LogP contribution in [0.3, 0.4) is 0 Å². The summed E-state index contributed by atoms with van der Waals surface area (Å²) >= 11 is 0. The summed E-state index contributed by atoms with van der Waals surface area (Å²) in [6, 6.07) is 18.6. The fourth-order valence-corrected chi connectivity index (χ4v) is 4.55. The van der Waals surface area contributed by atoms with Crippen LogP contribution >= 0.6 is 0 Å². The summed E-state index contributed by atoms with van der Waals surface area (Å²) in [4.78, 5) is 11.2. The monoisotopic (exact) mass is 475 g/mol. The van der Waals surface area contributed by atoms with E-state index in [4.69, 9.17) is 14.2 Å². The Kier molecular flexibility index (Phi) is 7.61.